The number of nitrogens with one attached hydrogen (secondary N) is 14. The lowest BCUT2D eigenvalue weighted by atomic mass is 9.98. The third kappa shape index (κ3) is 41.2. The molecule has 0 aliphatic heterocycles. The quantitative estimate of drug-likeness (QED) is 0.0277. The van der Waals surface area contributed by atoms with Gasteiger partial charge in [0.25, 0.3) is 0 Å². The number of nitrogens with two attached hydrogens (primary N) is 5. The Bertz CT molecular complexity index is 3620. The second-order valence-corrected chi connectivity index (χ2v) is 31.6. The molecular weight excluding hydrogens is 1580 g/mol. The van der Waals surface area contributed by atoms with E-state index in [0.29, 0.717) is 56.2 Å². The molecule has 2 aromatic carbocycles. The first-order valence-electron chi connectivity index (χ1n) is 41.5. The SMILES string of the molecule is CC(C)C[C@H](NC(=O)[C@H](CCCCN)NC(=O)CNC(=O)[C@H](CO)NC(=O)[C@@H](NC(=O)[C@@H](NC(=O)[C@H](CCCCN)NC(=O)[C@@H](NC(=O)[C@H](CCC(=O)O)NC(=O)[C@H](Cc1ccccc1)NC(=O)[C@H](CCCCN)NC(=O)[C@@H](N)CCCCN)C(C)C)[C@@H](C)O)C(C)C)C(=O)N[C@@H](CC(C)C)C(=O)N[C@@H](Cc1ccccc1)C(=O)N[C@@H](CO)C(=O)O. The number of unbranched alkanes of at least 4 members (excludes halogenated alkanes) is 4. The van der Waals surface area contributed by atoms with Crippen LogP contribution in [0.5, 0.6) is 0 Å². The molecule has 2 aromatic rings. The van der Waals surface area contributed by atoms with Gasteiger partial charge in [0.2, 0.25) is 82.7 Å². The Morgan fingerprint density at radius 2 is 0.636 bits per heavy atom. The van der Waals surface area contributed by atoms with Crippen LogP contribution in [0, 0.1) is 23.7 Å². The number of carboxylic acid groups (broad SMARTS) is 2. The summed E-state index contributed by atoms with van der Waals surface area (Å²) < 4.78 is 0. The van der Waals surface area contributed by atoms with E-state index in [1.165, 1.54) is 27.7 Å². The zero-order valence-electron chi connectivity index (χ0n) is 71.1. The van der Waals surface area contributed by atoms with Crippen LogP contribution in [0.25, 0.3) is 0 Å². The standard InChI is InChI=1S/C81H135N19O21/c1-45(2)38-57(74(113)93-58(39-46(3)4)75(114)95-60(41-51-26-14-11-15-27-51)77(116)97-62(44-102)81(120)121)92-70(109)53(29-17-21-35-83)88-63(104)42-87-69(108)61(43-101)96-79(118)66(48(7)8)99-80(119)67(49(9)103)100-72(111)55(31-19-23-37-85)91-78(117)65(47(5)6)98-73(112)56(32-33-64(105)106)90-76(115)59(40-50-24-12-10-13-25-50)94-71(110)54(30-18-22-36-84)89-68(107)52(86)28-16-20-34-82/h10-15,24-27,45-49,52-62,65-67,101-103H,16-23,28-44,82-86H2,1-9H3,(H,87,108)(H,88,104)(H,89,107)(H,90,115)(H,91,117)(H,92,109)(H,93,113)(H,94,110)(H,95,114)(H,96,118)(H,97,116)(H,98,112)(H,99,119)(H,100,111)(H,105,106)(H,120,121)/t49-,52+,53+,54+,55+,56+,57+,58+,59+,60+,61+,62+,65+,66+,67+/m1/s1. The van der Waals surface area contributed by atoms with Crippen molar-refractivity contribution >= 4 is 94.6 Å². The topological polar surface area (TPSA) is 673 Å². The average Bonchev–Trinajstić information content (AvgIpc) is 0.845. The molecule has 0 heterocycles. The van der Waals surface area contributed by atoms with Crippen molar-refractivity contribution in [3.8, 4) is 0 Å². The number of aliphatic hydroxyl groups excluding tert-OH is 3. The molecule has 680 valence electrons. The van der Waals surface area contributed by atoms with Gasteiger partial charge in [0.15, 0.2) is 0 Å². The molecule has 0 unspecified atom stereocenters. The van der Waals surface area contributed by atoms with Gasteiger partial charge in [-0.2, -0.15) is 0 Å². The number of aliphatic hydroxyl groups is 3. The molecule has 40 nitrogen and oxygen atoms in total. The summed E-state index contributed by atoms with van der Waals surface area (Å²) in [6, 6.07) is -3.74. The van der Waals surface area contributed by atoms with Gasteiger partial charge in [-0.3, -0.25) is 71.9 Å². The Morgan fingerprint density at radius 1 is 0.331 bits per heavy atom. The Kier molecular flexibility index (Phi) is 51.0. The van der Waals surface area contributed by atoms with Gasteiger partial charge in [-0.15, -0.1) is 0 Å². The summed E-state index contributed by atoms with van der Waals surface area (Å²) in [5.41, 5.74) is 30.2. The summed E-state index contributed by atoms with van der Waals surface area (Å²) in [4.78, 5) is 221. The highest BCUT2D eigenvalue weighted by Gasteiger charge is 2.40. The number of amides is 14. The molecule has 40 heteroatoms. The molecule has 0 saturated carbocycles. The van der Waals surface area contributed by atoms with E-state index < -0.39 is 230 Å². The predicted molar refractivity (Wildman–Crippen MR) is 447 cm³/mol. The van der Waals surface area contributed by atoms with Crippen molar-refractivity contribution in [2.45, 2.75) is 269 Å². The van der Waals surface area contributed by atoms with Gasteiger partial charge in [0.1, 0.15) is 78.5 Å². The fourth-order valence-corrected chi connectivity index (χ4v) is 12.6. The van der Waals surface area contributed by atoms with Crippen LogP contribution in [0.3, 0.4) is 0 Å². The first kappa shape index (κ1) is 107. The zero-order valence-corrected chi connectivity index (χ0v) is 71.1. The van der Waals surface area contributed by atoms with E-state index in [0.717, 1.165) is 6.92 Å². The van der Waals surface area contributed by atoms with E-state index in [1.807, 2.05) is 0 Å². The maximum absolute atomic E-state index is 14.5. The third-order valence-electron chi connectivity index (χ3n) is 19.4. The van der Waals surface area contributed by atoms with Crippen LogP contribution < -0.4 is 103 Å². The minimum absolute atomic E-state index is 0.0141. The number of hydrogen-bond donors (Lipinski definition) is 24. The highest BCUT2D eigenvalue weighted by Crippen LogP contribution is 2.17. The van der Waals surface area contributed by atoms with Crippen LogP contribution in [0.4, 0.5) is 0 Å². The molecule has 0 spiro atoms. The summed E-state index contributed by atoms with van der Waals surface area (Å²) >= 11 is 0. The summed E-state index contributed by atoms with van der Waals surface area (Å²) in [7, 11) is 0. The maximum atomic E-state index is 14.5. The van der Waals surface area contributed by atoms with Crippen LogP contribution in [-0.2, 0) is 89.6 Å². The molecule has 0 aromatic heterocycles. The van der Waals surface area contributed by atoms with Crippen LogP contribution in [0.15, 0.2) is 60.7 Å². The number of carboxylic acids is 2. The monoisotopic (exact) mass is 1710 g/mol. The van der Waals surface area contributed by atoms with Crippen LogP contribution in [0.2, 0.25) is 0 Å². The smallest absolute Gasteiger partial charge is 0.328 e. The predicted octanol–water partition coefficient (Wildman–Crippen LogP) is -4.55. The van der Waals surface area contributed by atoms with Gasteiger partial charge in [-0.05, 0) is 158 Å². The van der Waals surface area contributed by atoms with Gasteiger partial charge in [-0.1, -0.05) is 122 Å². The number of rotatable bonds is 61. The molecule has 2 rings (SSSR count). The molecule has 121 heavy (non-hydrogen) atoms. The molecule has 0 saturated heterocycles. The first-order valence-corrected chi connectivity index (χ1v) is 41.5. The van der Waals surface area contributed by atoms with E-state index in [4.69, 9.17) is 28.7 Å². The first-order chi connectivity index (χ1) is 57.2. The molecule has 0 fully saturated rings. The highest BCUT2D eigenvalue weighted by molar-refractivity contribution is 6.00. The van der Waals surface area contributed by atoms with Crippen molar-refractivity contribution in [1.29, 1.82) is 0 Å². The van der Waals surface area contributed by atoms with E-state index in [2.05, 4.69) is 74.4 Å². The summed E-state index contributed by atoms with van der Waals surface area (Å²) in [6.07, 6.45) is 0.318. The third-order valence-corrected chi connectivity index (χ3v) is 19.4. The molecule has 14 amide bonds. The fraction of sp³-hybridized carbons (Fsp3) is 0.654. The second kappa shape index (κ2) is 57.8. The average molecular weight is 1710 g/mol. The lowest BCUT2D eigenvalue weighted by Gasteiger charge is -2.30. The summed E-state index contributed by atoms with van der Waals surface area (Å²) in [5.74, 6) is -18.1. The van der Waals surface area contributed by atoms with Crippen LogP contribution in [-0.4, -0.2) is 257 Å². The minimum atomic E-state index is -1.86. The van der Waals surface area contributed by atoms with Gasteiger partial charge in [0, 0.05) is 19.3 Å². The normalized spacial score (nSPS) is 15.0. The zero-order chi connectivity index (χ0) is 91.0. The second-order valence-electron chi connectivity index (χ2n) is 31.6. The number of carbonyl (C=O) groups is 16. The van der Waals surface area contributed by atoms with E-state index in [-0.39, 0.29) is 95.7 Å². The Morgan fingerprint density at radius 3 is 1.01 bits per heavy atom. The van der Waals surface area contributed by atoms with Crippen LogP contribution >= 0.6 is 0 Å². The highest BCUT2D eigenvalue weighted by atomic mass is 16.4. The van der Waals surface area contributed by atoms with Gasteiger partial charge in [-0.25, -0.2) is 4.79 Å². The molecule has 0 radical (unpaired) electrons. The number of aliphatic carboxylic acids is 2. The lowest BCUT2D eigenvalue weighted by molar-refractivity contribution is -0.143. The van der Waals surface area contributed by atoms with E-state index in [1.54, 1.807) is 88.4 Å². The Balaban J connectivity index is 2.37. The molecule has 0 aliphatic rings. The van der Waals surface area contributed by atoms with Crippen molar-refractivity contribution in [3.63, 3.8) is 0 Å². The molecule has 15 atom stereocenters. The van der Waals surface area contributed by atoms with E-state index in [9.17, 15) is 102 Å². The maximum Gasteiger partial charge on any atom is 0.328 e. The van der Waals surface area contributed by atoms with Crippen molar-refractivity contribution < 1.29 is 102 Å². The Labute approximate surface area is 707 Å². The minimum Gasteiger partial charge on any atom is -0.481 e. The fourth-order valence-electron chi connectivity index (χ4n) is 12.6. The van der Waals surface area contributed by atoms with Crippen LogP contribution in [0.1, 0.15) is 176 Å². The summed E-state index contributed by atoms with van der Waals surface area (Å²) in [5, 5.41) is 85.8. The van der Waals surface area contributed by atoms with Gasteiger partial charge in [0.05, 0.1) is 31.9 Å². The van der Waals surface area contributed by atoms with Crippen molar-refractivity contribution in [2.75, 3.05) is 45.9 Å². The van der Waals surface area contributed by atoms with Gasteiger partial charge < -0.3 is 129 Å². The number of carbonyl (C=O) groups excluding carboxylic acids is 14. The van der Waals surface area contributed by atoms with Gasteiger partial charge >= 0.3 is 11.9 Å². The largest absolute Gasteiger partial charge is 0.481 e. The van der Waals surface area contributed by atoms with Crippen molar-refractivity contribution in [3.05, 3.63) is 71.8 Å². The lowest BCUT2D eigenvalue weighted by Crippen LogP contribution is -2.63. The molecular formula is C81H135N19O21. The van der Waals surface area contributed by atoms with E-state index >= 15 is 0 Å². The molecule has 29 N–H and O–H groups in total. The number of benzene rings is 2. The van der Waals surface area contributed by atoms with Crippen molar-refractivity contribution in [2.24, 2.45) is 52.3 Å². The Hall–Kier alpha value is -10.4. The molecule has 0 aliphatic carbocycles. The number of hydrogen-bond acceptors (Lipinski definition) is 24. The summed E-state index contributed by atoms with van der Waals surface area (Å²) in [6.45, 7) is 12.4. The van der Waals surface area contributed by atoms with Crippen molar-refractivity contribution in [1.82, 2.24) is 74.4 Å². The molecule has 0 bridgehead atoms.